The van der Waals surface area contributed by atoms with Crippen molar-refractivity contribution in [1.82, 2.24) is 4.98 Å². The second kappa shape index (κ2) is 4.36. The van der Waals surface area contributed by atoms with Gasteiger partial charge in [0, 0.05) is 5.75 Å². The Morgan fingerprint density at radius 2 is 2.31 bits per heavy atom. The van der Waals surface area contributed by atoms with E-state index in [2.05, 4.69) is 20.9 Å². The average Bonchev–Trinajstić information content (AvgIpc) is 2.50. The first-order valence-electron chi connectivity index (χ1n) is 3.23. The lowest BCUT2D eigenvalue weighted by molar-refractivity contribution is -0.122. The summed E-state index contributed by atoms with van der Waals surface area (Å²) >= 11 is 3.45. The number of nitrogens with zero attached hydrogens (tertiary/aromatic N) is 1. The van der Waals surface area contributed by atoms with Crippen molar-refractivity contribution >= 4 is 27.7 Å². The van der Waals surface area contributed by atoms with Crippen LogP contribution in [0, 0.1) is 0 Å². The number of hydrogen-bond acceptors (Lipinski definition) is 3. The minimum Gasteiger partial charge on any atom is -0.440 e. The van der Waals surface area contributed by atoms with Crippen molar-refractivity contribution in [3.05, 3.63) is 12.5 Å². The summed E-state index contributed by atoms with van der Waals surface area (Å²) in [6.45, 7) is 0. The lowest BCUT2D eigenvalue weighted by Crippen LogP contribution is -2.24. The van der Waals surface area contributed by atoms with E-state index < -0.39 is 11.0 Å². The molecule has 0 aromatic carbocycles. The van der Waals surface area contributed by atoms with Crippen LogP contribution >= 0.6 is 27.7 Å². The fraction of sp³-hybridized carbons (Fsp3) is 0.500. The minimum atomic E-state index is -4.22. The molecule has 1 heterocycles. The molecule has 0 N–H and O–H groups in total. The molecule has 0 aliphatic rings. The maximum absolute atomic E-state index is 12.0. The van der Waals surface area contributed by atoms with Gasteiger partial charge in [-0.2, -0.15) is 13.2 Å². The lowest BCUT2D eigenvalue weighted by Gasteiger charge is -2.11. The van der Waals surface area contributed by atoms with Crippen LogP contribution in [0.2, 0.25) is 0 Å². The highest BCUT2D eigenvalue weighted by Crippen LogP contribution is 2.30. The molecular formula is C6H5BrF3NOS. The molecule has 13 heavy (non-hydrogen) atoms. The molecule has 0 aliphatic heterocycles. The molecule has 1 aromatic heterocycles. The van der Waals surface area contributed by atoms with Gasteiger partial charge in [0.2, 0.25) is 0 Å². The highest BCUT2D eigenvalue weighted by Gasteiger charge is 2.37. The summed E-state index contributed by atoms with van der Waals surface area (Å²) < 4.78 is 40.7. The molecule has 0 saturated heterocycles. The molecule has 1 unspecified atom stereocenters. The summed E-state index contributed by atoms with van der Waals surface area (Å²) in [6.07, 6.45) is -1.52. The van der Waals surface area contributed by atoms with Crippen molar-refractivity contribution in [3.63, 3.8) is 0 Å². The van der Waals surface area contributed by atoms with Crippen LogP contribution in [0.4, 0.5) is 13.2 Å². The summed E-state index contributed by atoms with van der Waals surface area (Å²) in [7, 11) is 0. The number of rotatable bonds is 3. The van der Waals surface area contributed by atoms with Crippen molar-refractivity contribution in [2.75, 3.05) is 5.75 Å². The van der Waals surface area contributed by atoms with E-state index in [-0.39, 0.29) is 11.0 Å². The average molecular weight is 276 g/mol. The second-order valence-electron chi connectivity index (χ2n) is 2.12. The third-order valence-electron chi connectivity index (χ3n) is 1.12. The summed E-state index contributed by atoms with van der Waals surface area (Å²) in [5.74, 6) is -0.149. The van der Waals surface area contributed by atoms with Crippen molar-refractivity contribution in [1.29, 1.82) is 0 Å². The molecule has 1 aromatic rings. The van der Waals surface area contributed by atoms with Crippen LogP contribution in [0.15, 0.2) is 22.1 Å². The number of aromatic nitrogens is 1. The zero-order chi connectivity index (χ0) is 9.90. The van der Waals surface area contributed by atoms with E-state index in [1.165, 1.54) is 12.5 Å². The smallest absolute Gasteiger partial charge is 0.402 e. The summed E-state index contributed by atoms with van der Waals surface area (Å²) in [5, 5.41) is 0.244. The second-order valence-corrected chi connectivity index (χ2v) is 4.19. The van der Waals surface area contributed by atoms with Gasteiger partial charge in [0.1, 0.15) is 11.1 Å². The van der Waals surface area contributed by atoms with Crippen LogP contribution in [-0.4, -0.2) is 21.7 Å². The van der Waals surface area contributed by atoms with Gasteiger partial charge < -0.3 is 4.42 Å². The molecule has 0 spiro atoms. The molecule has 7 heteroatoms. The van der Waals surface area contributed by atoms with Crippen molar-refractivity contribution < 1.29 is 17.6 Å². The Morgan fingerprint density at radius 3 is 2.77 bits per heavy atom. The molecule has 0 saturated carbocycles. The van der Waals surface area contributed by atoms with Crippen molar-refractivity contribution in [2.45, 2.75) is 16.2 Å². The number of halogens is 4. The van der Waals surface area contributed by atoms with Crippen molar-refractivity contribution in [3.8, 4) is 0 Å². The van der Waals surface area contributed by atoms with E-state index in [1.807, 2.05) is 0 Å². The molecule has 0 fully saturated rings. The molecule has 2 nitrogen and oxygen atoms in total. The molecular weight excluding hydrogens is 271 g/mol. The third-order valence-corrected chi connectivity index (χ3v) is 3.34. The monoisotopic (exact) mass is 275 g/mol. The van der Waals surface area contributed by atoms with Gasteiger partial charge in [-0.05, 0) is 0 Å². The Kier molecular flexibility index (Phi) is 3.66. The maximum atomic E-state index is 12.0. The summed E-state index contributed by atoms with van der Waals surface area (Å²) in [6, 6.07) is 0. The van der Waals surface area contributed by atoms with Gasteiger partial charge >= 0.3 is 6.18 Å². The topological polar surface area (TPSA) is 26.0 Å². The first kappa shape index (κ1) is 10.9. The molecule has 0 bridgehead atoms. The van der Waals surface area contributed by atoms with Gasteiger partial charge in [0.15, 0.2) is 0 Å². The largest absolute Gasteiger partial charge is 0.440 e. The minimum absolute atomic E-state index is 0.149. The first-order chi connectivity index (χ1) is 6.00. The van der Waals surface area contributed by atoms with Crippen LogP contribution in [-0.2, 0) is 0 Å². The highest BCUT2D eigenvalue weighted by molar-refractivity contribution is 9.09. The van der Waals surface area contributed by atoms with Crippen LogP contribution in [0.3, 0.4) is 0 Å². The molecule has 1 rings (SSSR count). The Balaban J connectivity index is 2.35. The van der Waals surface area contributed by atoms with Crippen LogP contribution < -0.4 is 0 Å². The Hall–Kier alpha value is -0.170. The van der Waals surface area contributed by atoms with Crippen LogP contribution in [0.5, 0.6) is 0 Å². The number of alkyl halides is 4. The van der Waals surface area contributed by atoms with E-state index in [0.717, 1.165) is 11.8 Å². The normalized spacial score (nSPS) is 14.5. The first-order valence-corrected chi connectivity index (χ1v) is 5.13. The third kappa shape index (κ3) is 3.60. The molecule has 0 radical (unpaired) electrons. The van der Waals surface area contributed by atoms with Crippen LogP contribution in [0.1, 0.15) is 0 Å². The van der Waals surface area contributed by atoms with Gasteiger partial charge in [0.25, 0.3) is 5.22 Å². The SMILES string of the molecule is FC(F)(F)C(Br)CSc1ncco1. The quantitative estimate of drug-likeness (QED) is 0.626. The van der Waals surface area contributed by atoms with Crippen LogP contribution in [0.25, 0.3) is 0 Å². The predicted octanol–water partition coefficient (Wildman–Crippen LogP) is 3.09. The number of thioether (sulfide) groups is 1. The van der Waals surface area contributed by atoms with Gasteiger partial charge in [-0.1, -0.05) is 27.7 Å². The standard InChI is InChI=1S/C6H5BrF3NOS/c7-4(6(8,9)10)3-13-5-11-1-2-12-5/h1-2,4H,3H2. The Labute approximate surface area is 85.0 Å². The molecule has 0 aliphatic carbocycles. The fourth-order valence-electron chi connectivity index (χ4n) is 0.521. The molecule has 1 atom stereocenters. The van der Waals surface area contributed by atoms with Crippen molar-refractivity contribution in [2.24, 2.45) is 0 Å². The van der Waals surface area contributed by atoms with E-state index in [1.54, 1.807) is 0 Å². The lowest BCUT2D eigenvalue weighted by atomic mass is 10.5. The molecule has 0 amide bonds. The predicted molar refractivity (Wildman–Crippen MR) is 46.0 cm³/mol. The Morgan fingerprint density at radius 1 is 1.62 bits per heavy atom. The van der Waals surface area contributed by atoms with Gasteiger partial charge in [0.05, 0.1) is 6.20 Å². The number of oxazole rings is 1. The van der Waals surface area contributed by atoms with E-state index in [0.29, 0.717) is 0 Å². The van der Waals surface area contributed by atoms with Gasteiger partial charge in [-0.15, -0.1) is 0 Å². The summed E-state index contributed by atoms with van der Waals surface area (Å²) in [4.78, 5) is 2.15. The molecule has 74 valence electrons. The van der Waals surface area contributed by atoms with Gasteiger partial charge in [-0.25, -0.2) is 4.98 Å². The highest BCUT2D eigenvalue weighted by atomic mass is 79.9. The fourth-order valence-corrected chi connectivity index (χ4v) is 1.65. The van der Waals surface area contributed by atoms with E-state index in [9.17, 15) is 13.2 Å². The van der Waals surface area contributed by atoms with E-state index in [4.69, 9.17) is 4.42 Å². The Bertz CT molecular complexity index is 251. The zero-order valence-electron chi connectivity index (χ0n) is 6.21. The summed E-state index contributed by atoms with van der Waals surface area (Å²) in [5.41, 5.74) is 0. The zero-order valence-corrected chi connectivity index (χ0v) is 8.62. The van der Waals surface area contributed by atoms with Gasteiger partial charge in [-0.3, -0.25) is 0 Å². The number of hydrogen-bond donors (Lipinski definition) is 0. The van der Waals surface area contributed by atoms with E-state index >= 15 is 0 Å². The maximum Gasteiger partial charge on any atom is 0.402 e.